The summed E-state index contributed by atoms with van der Waals surface area (Å²) in [6.07, 6.45) is 7.47. The van der Waals surface area contributed by atoms with Gasteiger partial charge in [-0.05, 0) is 24.5 Å². The van der Waals surface area contributed by atoms with Crippen molar-refractivity contribution in [2.45, 2.75) is 45.2 Å². The molecule has 1 nitrogen and oxygen atoms in total. The van der Waals surface area contributed by atoms with E-state index in [-0.39, 0.29) is 0 Å². The lowest BCUT2D eigenvalue weighted by atomic mass is 9.63. The van der Waals surface area contributed by atoms with Crippen molar-refractivity contribution < 1.29 is 4.34 Å². The van der Waals surface area contributed by atoms with Crippen molar-refractivity contribution in [2.75, 3.05) is 0 Å². The van der Waals surface area contributed by atoms with E-state index >= 15 is 0 Å². The summed E-state index contributed by atoms with van der Waals surface area (Å²) in [7, 11) is -1.39. The van der Waals surface area contributed by atoms with Crippen LogP contribution in [0.15, 0.2) is 24.2 Å². The molecule has 0 unspecified atom stereocenters. The lowest BCUT2D eigenvalue weighted by Gasteiger charge is -2.31. The van der Waals surface area contributed by atoms with Crippen molar-refractivity contribution in [2.24, 2.45) is 0 Å². The van der Waals surface area contributed by atoms with Gasteiger partial charge in [0.05, 0.1) is 0 Å². The third-order valence-electron chi connectivity index (χ3n) is 3.28. The molecule has 0 aromatic heterocycles. The first kappa shape index (κ1) is 11.8. The van der Waals surface area contributed by atoms with Gasteiger partial charge in [-0.3, -0.25) is 0 Å². The monoisotopic (exact) mass is 208 g/mol. The van der Waals surface area contributed by atoms with Crippen LogP contribution in [0.1, 0.15) is 20.8 Å². The molecule has 0 bridgehead atoms. The van der Waals surface area contributed by atoms with E-state index in [2.05, 4.69) is 45.0 Å². The molecule has 0 spiro atoms. The zero-order chi connectivity index (χ0) is 10.4. The van der Waals surface area contributed by atoms with Crippen molar-refractivity contribution in [3.63, 3.8) is 0 Å². The molecule has 14 heavy (non-hydrogen) atoms. The topological polar surface area (TPSA) is 9.23 Å². The molecule has 3 heteroatoms. The van der Waals surface area contributed by atoms with Gasteiger partial charge in [-0.15, -0.1) is 0 Å². The summed E-state index contributed by atoms with van der Waals surface area (Å²) in [5.41, 5.74) is 0. The number of allylic oxidation sites excluding steroid dienone is 3. The number of hydrogen-bond acceptors (Lipinski definition) is 1. The van der Waals surface area contributed by atoms with E-state index in [9.17, 15) is 0 Å². The summed E-state index contributed by atoms with van der Waals surface area (Å²) in [5, 5.41) is 0. The molecule has 0 N–H and O–H groups in total. The summed E-state index contributed by atoms with van der Waals surface area (Å²) in [6.45, 7) is 7.19. The Labute approximate surface area is 89.5 Å². The predicted octanol–water partition coefficient (Wildman–Crippen LogP) is 3.66. The van der Waals surface area contributed by atoms with Crippen molar-refractivity contribution in [3.05, 3.63) is 24.2 Å². The largest absolute Gasteiger partial charge is 0.473 e. The average molecular weight is 208 g/mol. The van der Waals surface area contributed by atoms with Crippen LogP contribution in [-0.4, -0.2) is 15.2 Å². The van der Waals surface area contributed by atoms with Gasteiger partial charge in [-0.25, -0.2) is 0 Å². The fourth-order valence-electron chi connectivity index (χ4n) is 1.97. The molecule has 0 aromatic carbocycles. The zero-order valence-electron chi connectivity index (χ0n) is 9.62. The highest BCUT2D eigenvalue weighted by molar-refractivity contribution is 6.81. The number of rotatable bonds is 5. The van der Waals surface area contributed by atoms with Crippen LogP contribution < -0.4 is 0 Å². The second-order valence-corrected chi connectivity index (χ2v) is 8.67. The maximum Gasteiger partial charge on any atom is 0.312 e. The molecule has 1 rings (SSSR count). The summed E-state index contributed by atoms with van der Waals surface area (Å²) in [6, 6.07) is 3.73. The first-order chi connectivity index (χ1) is 6.76. The van der Waals surface area contributed by atoms with E-state index in [0.29, 0.717) is 6.92 Å². The van der Waals surface area contributed by atoms with E-state index in [1.807, 2.05) is 0 Å². The molecule has 0 fully saturated rings. The maximum absolute atomic E-state index is 6.33. The number of hydrogen-bond donors (Lipinski definition) is 0. The summed E-state index contributed by atoms with van der Waals surface area (Å²) >= 11 is 0. The Morgan fingerprint density at radius 1 is 1.14 bits per heavy atom. The van der Waals surface area contributed by atoms with Gasteiger partial charge in [-0.2, -0.15) is 0 Å². The molecule has 0 atom stereocenters. The first-order valence-electron chi connectivity index (χ1n) is 5.77. The minimum atomic E-state index is -1.39. The van der Waals surface area contributed by atoms with Crippen LogP contribution in [0.2, 0.25) is 24.5 Å². The molecular formula is C11H21BOSi. The Morgan fingerprint density at radius 3 is 2.21 bits per heavy atom. The Kier molecular flexibility index (Phi) is 4.69. The van der Waals surface area contributed by atoms with Crippen molar-refractivity contribution in [1.82, 2.24) is 0 Å². The molecule has 1 aliphatic heterocycles. The van der Waals surface area contributed by atoms with Crippen LogP contribution in [-0.2, 0) is 4.34 Å². The van der Waals surface area contributed by atoms with Crippen molar-refractivity contribution in [1.29, 1.82) is 0 Å². The molecule has 0 aromatic rings. The standard InChI is InChI=1S/C11H21BOSi/c1-4-14(5-2,6-3)13-12-10-8-7-9-11-12/h7-10H,4-6,11H2,1-3H3. The Bertz CT molecular complexity index is 213. The smallest absolute Gasteiger partial charge is 0.312 e. The quantitative estimate of drug-likeness (QED) is 0.626. The Morgan fingerprint density at radius 2 is 1.79 bits per heavy atom. The van der Waals surface area contributed by atoms with E-state index in [4.69, 9.17) is 4.34 Å². The SMILES string of the molecule is CC[Si](CC)(CC)OB1C=CC=CC1. The van der Waals surface area contributed by atoms with Gasteiger partial charge in [0, 0.05) is 0 Å². The lowest BCUT2D eigenvalue weighted by Crippen LogP contribution is -2.41. The van der Waals surface area contributed by atoms with Crippen LogP contribution in [0, 0.1) is 0 Å². The molecule has 0 aliphatic carbocycles. The van der Waals surface area contributed by atoms with Crippen LogP contribution in [0.4, 0.5) is 0 Å². The molecule has 0 radical (unpaired) electrons. The predicted molar refractivity (Wildman–Crippen MR) is 67.1 cm³/mol. The summed E-state index contributed by atoms with van der Waals surface area (Å²) in [5.74, 6) is 2.20. The van der Waals surface area contributed by atoms with Gasteiger partial charge < -0.3 is 4.34 Å². The highest BCUT2D eigenvalue weighted by Gasteiger charge is 2.31. The second-order valence-electron chi connectivity index (χ2n) is 3.95. The summed E-state index contributed by atoms with van der Waals surface area (Å²) < 4.78 is 6.33. The second kappa shape index (κ2) is 5.57. The van der Waals surface area contributed by atoms with Gasteiger partial charge in [0.25, 0.3) is 0 Å². The van der Waals surface area contributed by atoms with Crippen molar-refractivity contribution >= 4 is 15.2 Å². The molecule has 0 amide bonds. The Balaban J connectivity index is 2.54. The van der Waals surface area contributed by atoms with Gasteiger partial charge in [-0.1, -0.05) is 45.0 Å². The molecular weight excluding hydrogens is 187 g/mol. The Hall–Kier alpha value is -0.278. The van der Waals surface area contributed by atoms with Gasteiger partial charge in [0.2, 0.25) is 0 Å². The average Bonchev–Trinajstić information content (AvgIpc) is 2.28. The van der Waals surface area contributed by atoms with Crippen molar-refractivity contribution in [3.8, 4) is 0 Å². The van der Waals surface area contributed by atoms with Gasteiger partial charge in [0.15, 0.2) is 8.32 Å². The van der Waals surface area contributed by atoms with Crippen LogP contribution in [0.3, 0.4) is 0 Å². The first-order valence-corrected chi connectivity index (χ1v) is 8.30. The van der Waals surface area contributed by atoms with Crippen LogP contribution >= 0.6 is 0 Å². The molecule has 0 saturated heterocycles. The third-order valence-corrected chi connectivity index (χ3v) is 7.94. The van der Waals surface area contributed by atoms with E-state index < -0.39 is 8.32 Å². The molecule has 1 heterocycles. The van der Waals surface area contributed by atoms with Crippen LogP contribution in [0.5, 0.6) is 0 Å². The van der Waals surface area contributed by atoms with Gasteiger partial charge >= 0.3 is 6.92 Å². The van der Waals surface area contributed by atoms with E-state index in [0.717, 1.165) is 6.32 Å². The summed E-state index contributed by atoms with van der Waals surface area (Å²) in [4.78, 5) is 0. The minimum Gasteiger partial charge on any atom is -0.473 e. The van der Waals surface area contributed by atoms with E-state index in [1.165, 1.54) is 18.1 Å². The molecule has 1 aliphatic rings. The zero-order valence-corrected chi connectivity index (χ0v) is 10.6. The maximum atomic E-state index is 6.33. The minimum absolute atomic E-state index is 0.353. The van der Waals surface area contributed by atoms with Crippen LogP contribution in [0.25, 0.3) is 0 Å². The highest BCUT2D eigenvalue weighted by atomic mass is 28.4. The lowest BCUT2D eigenvalue weighted by molar-refractivity contribution is 0.554. The highest BCUT2D eigenvalue weighted by Crippen LogP contribution is 2.24. The van der Waals surface area contributed by atoms with Gasteiger partial charge in [0.1, 0.15) is 0 Å². The molecule has 78 valence electrons. The third kappa shape index (κ3) is 2.86. The van der Waals surface area contributed by atoms with E-state index in [1.54, 1.807) is 0 Å². The normalized spacial score (nSPS) is 16.4. The fourth-order valence-corrected chi connectivity index (χ4v) is 4.78. The molecule has 0 saturated carbocycles. The fraction of sp³-hybridized carbons (Fsp3) is 0.636.